The number of amides is 2. The van der Waals surface area contributed by atoms with Gasteiger partial charge in [0.05, 0.1) is 30.7 Å². The number of aromatic nitrogens is 2. The van der Waals surface area contributed by atoms with Crippen molar-refractivity contribution in [1.29, 1.82) is 0 Å². The lowest BCUT2D eigenvalue weighted by Crippen LogP contribution is -2.37. The average molecular weight is 372 g/mol. The molecule has 0 saturated heterocycles. The summed E-state index contributed by atoms with van der Waals surface area (Å²) in [7, 11) is 0. The number of benzene rings is 1. The number of ether oxygens (including phenoxy) is 1. The molecule has 2 rings (SSSR count). The Morgan fingerprint density at radius 2 is 1.81 bits per heavy atom. The van der Waals surface area contributed by atoms with Crippen molar-refractivity contribution in [3.8, 4) is 5.69 Å². The second-order valence-electron chi connectivity index (χ2n) is 5.86. The number of carbonyl (C=O) groups is 3. The van der Waals surface area contributed by atoms with E-state index in [1.807, 2.05) is 6.92 Å². The van der Waals surface area contributed by atoms with Crippen LogP contribution >= 0.6 is 0 Å². The van der Waals surface area contributed by atoms with Crippen molar-refractivity contribution >= 4 is 17.8 Å². The summed E-state index contributed by atoms with van der Waals surface area (Å²) in [4.78, 5) is 35.6. The molecular formula is C19H24N4O4. The first-order valence-corrected chi connectivity index (χ1v) is 8.85. The maximum atomic E-state index is 12.1. The van der Waals surface area contributed by atoms with Crippen LogP contribution in [0.25, 0.3) is 5.69 Å². The van der Waals surface area contributed by atoms with Crippen LogP contribution in [0.1, 0.15) is 46.7 Å². The first-order chi connectivity index (χ1) is 13.0. The van der Waals surface area contributed by atoms with E-state index in [1.54, 1.807) is 42.8 Å². The molecule has 0 aliphatic heterocycles. The predicted molar refractivity (Wildman–Crippen MR) is 99.9 cm³/mol. The molecule has 0 radical (unpaired) electrons. The second kappa shape index (κ2) is 9.51. The summed E-state index contributed by atoms with van der Waals surface area (Å²) in [5.74, 6) is -0.975. The van der Waals surface area contributed by atoms with Crippen LogP contribution in [0.4, 0.5) is 0 Å². The van der Waals surface area contributed by atoms with Crippen molar-refractivity contribution < 1.29 is 19.1 Å². The molecule has 8 nitrogen and oxygen atoms in total. The van der Waals surface area contributed by atoms with E-state index in [0.29, 0.717) is 35.7 Å². The molecule has 0 atom stereocenters. The highest BCUT2D eigenvalue weighted by Crippen LogP contribution is 2.16. The minimum absolute atomic E-state index is 0.0677. The van der Waals surface area contributed by atoms with Gasteiger partial charge in [0.1, 0.15) is 5.56 Å². The number of rotatable bonds is 8. The number of nitrogens with one attached hydrogen (secondary N) is 2. The molecule has 8 heteroatoms. The normalized spacial score (nSPS) is 10.3. The SMILES string of the molecule is CCCNC(=O)CNC(=O)c1ccc(-n2ncc(C(=O)OCC)c2C)cc1. The summed E-state index contributed by atoms with van der Waals surface area (Å²) < 4.78 is 6.60. The molecule has 0 unspecified atom stereocenters. The van der Waals surface area contributed by atoms with Gasteiger partial charge in [-0.2, -0.15) is 5.10 Å². The number of hydrogen-bond donors (Lipinski definition) is 2. The molecule has 0 bridgehead atoms. The molecule has 1 heterocycles. The minimum atomic E-state index is -0.418. The summed E-state index contributed by atoms with van der Waals surface area (Å²) >= 11 is 0. The number of esters is 1. The van der Waals surface area contributed by atoms with E-state index >= 15 is 0 Å². The molecule has 1 aromatic carbocycles. The Bertz CT molecular complexity index is 812. The Hall–Kier alpha value is -3.16. The average Bonchev–Trinajstić information content (AvgIpc) is 3.06. The highest BCUT2D eigenvalue weighted by Gasteiger charge is 2.16. The monoisotopic (exact) mass is 372 g/mol. The predicted octanol–water partition coefficient (Wildman–Crippen LogP) is 1.61. The van der Waals surface area contributed by atoms with Crippen molar-refractivity contribution in [2.75, 3.05) is 19.7 Å². The van der Waals surface area contributed by atoms with Crippen molar-refractivity contribution in [3.63, 3.8) is 0 Å². The minimum Gasteiger partial charge on any atom is -0.462 e. The number of carbonyl (C=O) groups excluding carboxylic acids is 3. The maximum absolute atomic E-state index is 12.1. The first kappa shape index (κ1) is 20.2. The van der Waals surface area contributed by atoms with Gasteiger partial charge in [-0.25, -0.2) is 9.48 Å². The quantitative estimate of drug-likeness (QED) is 0.686. The Morgan fingerprint density at radius 1 is 1.11 bits per heavy atom. The van der Waals surface area contributed by atoms with E-state index in [0.717, 1.165) is 6.42 Å². The zero-order chi connectivity index (χ0) is 19.8. The third kappa shape index (κ3) is 5.16. The van der Waals surface area contributed by atoms with E-state index in [9.17, 15) is 14.4 Å². The molecule has 0 aliphatic carbocycles. The highest BCUT2D eigenvalue weighted by molar-refractivity contribution is 5.96. The van der Waals surface area contributed by atoms with Gasteiger partial charge in [-0.3, -0.25) is 9.59 Å². The molecule has 0 spiro atoms. The van der Waals surface area contributed by atoms with Gasteiger partial charge in [-0.1, -0.05) is 6.92 Å². The van der Waals surface area contributed by atoms with E-state index in [-0.39, 0.29) is 18.4 Å². The Balaban J connectivity index is 2.04. The fourth-order valence-electron chi connectivity index (χ4n) is 2.42. The lowest BCUT2D eigenvalue weighted by Gasteiger charge is -2.08. The van der Waals surface area contributed by atoms with Crippen LogP contribution < -0.4 is 10.6 Å². The summed E-state index contributed by atoms with van der Waals surface area (Å²) in [6.07, 6.45) is 2.30. The van der Waals surface area contributed by atoms with Crippen molar-refractivity contribution in [2.45, 2.75) is 27.2 Å². The maximum Gasteiger partial charge on any atom is 0.341 e. The molecule has 2 N–H and O–H groups in total. The Labute approximate surface area is 157 Å². The molecule has 27 heavy (non-hydrogen) atoms. The molecule has 2 amide bonds. The molecule has 0 saturated carbocycles. The van der Waals surface area contributed by atoms with Crippen LogP contribution in [0.3, 0.4) is 0 Å². The van der Waals surface area contributed by atoms with Crippen LogP contribution in [-0.4, -0.2) is 47.3 Å². The molecule has 2 aromatic rings. The summed E-state index contributed by atoms with van der Waals surface area (Å²) in [5.41, 5.74) is 2.19. The third-order valence-corrected chi connectivity index (χ3v) is 3.86. The zero-order valence-corrected chi connectivity index (χ0v) is 15.7. The largest absolute Gasteiger partial charge is 0.462 e. The van der Waals surface area contributed by atoms with Crippen molar-refractivity contribution in [3.05, 3.63) is 47.3 Å². The van der Waals surface area contributed by atoms with Crippen molar-refractivity contribution in [2.24, 2.45) is 0 Å². The Morgan fingerprint density at radius 3 is 2.44 bits per heavy atom. The molecule has 144 valence electrons. The highest BCUT2D eigenvalue weighted by atomic mass is 16.5. The molecule has 0 fully saturated rings. The van der Waals surface area contributed by atoms with Gasteiger partial charge in [-0.15, -0.1) is 0 Å². The van der Waals surface area contributed by atoms with Crippen LogP contribution in [0.5, 0.6) is 0 Å². The van der Waals surface area contributed by atoms with Crippen LogP contribution in [0.2, 0.25) is 0 Å². The fraction of sp³-hybridized carbons (Fsp3) is 0.368. The van der Waals surface area contributed by atoms with E-state index in [1.165, 1.54) is 6.20 Å². The first-order valence-electron chi connectivity index (χ1n) is 8.85. The third-order valence-electron chi connectivity index (χ3n) is 3.86. The summed E-state index contributed by atoms with van der Waals surface area (Å²) in [5, 5.41) is 9.48. The standard InChI is InChI=1S/C19H24N4O4/c1-4-10-20-17(24)12-21-18(25)14-6-8-15(9-7-14)23-13(3)16(11-22-23)19(26)27-5-2/h6-9,11H,4-5,10,12H2,1-3H3,(H,20,24)(H,21,25). The number of nitrogens with zero attached hydrogens (tertiary/aromatic N) is 2. The Kier molecular flexibility index (Phi) is 7.10. The molecular weight excluding hydrogens is 348 g/mol. The lowest BCUT2D eigenvalue weighted by atomic mass is 10.2. The molecule has 1 aromatic heterocycles. The van der Waals surface area contributed by atoms with E-state index in [4.69, 9.17) is 4.74 Å². The van der Waals surface area contributed by atoms with E-state index < -0.39 is 5.97 Å². The smallest absolute Gasteiger partial charge is 0.341 e. The van der Waals surface area contributed by atoms with Gasteiger partial charge in [0.2, 0.25) is 5.91 Å². The fourth-order valence-corrected chi connectivity index (χ4v) is 2.42. The van der Waals surface area contributed by atoms with E-state index in [2.05, 4.69) is 15.7 Å². The van der Waals surface area contributed by atoms with Gasteiger partial charge >= 0.3 is 5.97 Å². The van der Waals surface area contributed by atoms with Gasteiger partial charge in [0.15, 0.2) is 0 Å². The number of hydrogen-bond acceptors (Lipinski definition) is 5. The lowest BCUT2D eigenvalue weighted by molar-refractivity contribution is -0.120. The zero-order valence-electron chi connectivity index (χ0n) is 15.7. The van der Waals surface area contributed by atoms with Gasteiger partial charge in [0, 0.05) is 12.1 Å². The second-order valence-corrected chi connectivity index (χ2v) is 5.86. The molecule has 0 aliphatic rings. The van der Waals surface area contributed by atoms with Gasteiger partial charge in [0.25, 0.3) is 5.91 Å². The van der Waals surface area contributed by atoms with Crippen LogP contribution in [0, 0.1) is 6.92 Å². The van der Waals surface area contributed by atoms with Gasteiger partial charge < -0.3 is 15.4 Å². The van der Waals surface area contributed by atoms with Crippen LogP contribution in [0.15, 0.2) is 30.5 Å². The van der Waals surface area contributed by atoms with Gasteiger partial charge in [-0.05, 0) is 44.5 Å². The summed E-state index contributed by atoms with van der Waals surface area (Å²) in [6, 6.07) is 6.72. The van der Waals surface area contributed by atoms with Crippen LogP contribution in [-0.2, 0) is 9.53 Å². The topological polar surface area (TPSA) is 102 Å². The summed E-state index contributed by atoms with van der Waals surface area (Å²) in [6.45, 7) is 6.28. The van der Waals surface area contributed by atoms with Crippen molar-refractivity contribution in [1.82, 2.24) is 20.4 Å².